The van der Waals surface area contributed by atoms with Gasteiger partial charge in [0, 0.05) is 23.8 Å². The summed E-state index contributed by atoms with van der Waals surface area (Å²) in [7, 11) is 0. The molecule has 2 aromatic rings. The number of carbonyl (C=O) groups is 1. The molecule has 0 bridgehead atoms. The van der Waals surface area contributed by atoms with E-state index < -0.39 is 0 Å². The summed E-state index contributed by atoms with van der Waals surface area (Å²) < 4.78 is 0.944. The SMILES string of the molecule is Cc1ccc(CN2CCC(Nc3ncc(Br)cc3C)C2=O)cc1. The molecule has 0 aliphatic carbocycles. The number of amides is 1. The van der Waals surface area contributed by atoms with Crippen molar-refractivity contribution in [1.82, 2.24) is 9.88 Å². The van der Waals surface area contributed by atoms with Crippen molar-refractivity contribution in [3.8, 4) is 0 Å². The lowest BCUT2D eigenvalue weighted by Crippen LogP contribution is -2.33. The predicted molar refractivity (Wildman–Crippen MR) is 95.3 cm³/mol. The number of rotatable bonds is 4. The van der Waals surface area contributed by atoms with Crippen molar-refractivity contribution in [3.05, 3.63) is 57.7 Å². The molecule has 1 aliphatic rings. The molecule has 1 amide bonds. The minimum atomic E-state index is -0.187. The molecule has 0 spiro atoms. The van der Waals surface area contributed by atoms with Gasteiger partial charge in [-0.2, -0.15) is 0 Å². The lowest BCUT2D eigenvalue weighted by atomic mass is 10.1. The van der Waals surface area contributed by atoms with E-state index in [0.717, 1.165) is 28.8 Å². The minimum absolute atomic E-state index is 0.148. The summed E-state index contributed by atoms with van der Waals surface area (Å²) in [5.74, 6) is 0.929. The number of anilines is 1. The number of nitrogens with zero attached hydrogens (tertiary/aromatic N) is 2. The van der Waals surface area contributed by atoms with Crippen LogP contribution in [0.2, 0.25) is 0 Å². The van der Waals surface area contributed by atoms with Crippen molar-refractivity contribution >= 4 is 27.7 Å². The summed E-state index contributed by atoms with van der Waals surface area (Å²) in [4.78, 5) is 18.9. The van der Waals surface area contributed by atoms with E-state index >= 15 is 0 Å². The molecule has 1 aromatic heterocycles. The van der Waals surface area contributed by atoms with Crippen LogP contribution < -0.4 is 5.32 Å². The molecule has 1 aromatic carbocycles. The fourth-order valence-corrected chi connectivity index (χ4v) is 3.25. The lowest BCUT2D eigenvalue weighted by molar-refractivity contribution is -0.128. The minimum Gasteiger partial charge on any atom is -0.358 e. The molecule has 1 aliphatic heterocycles. The van der Waals surface area contributed by atoms with Gasteiger partial charge in [0.2, 0.25) is 5.91 Å². The summed E-state index contributed by atoms with van der Waals surface area (Å²) in [5.41, 5.74) is 3.43. The van der Waals surface area contributed by atoms with Crippen LogP contribution in [0.1, 0.15) is 23.1 Å². The van der Waals surface area contributed by atoms with E-state index in [1.807, 2.05) is 17.9 Å². The Morgan fingerprint density at radius 1 is 1.30 bits per heavy atom. The van der Waals surface area contributed by atoms with Gasteiger partial charge in [-0.25, -0.2) is 4.98 Å². The van der Waals surface area contributed by atoms with Crippen LogP contribution in [-0.4, -0.2) is 28.4 Å². The average molecular weight is 374 g/mol. The Balaban J connectivity index is 1.65. The van der Waals surface area contributed by atoms with E-state index in [2.05, 4.69) is 57.4 Å². The van der Waals surface area contributed by atoms with Gasteiger partial charge in [-0.15, -0.1) is 0 Å². The number of aryl methyl sites for hydroxylation is 2. The third-order valence-corrected chi connectivity index (χ3v) is 4.58. The van der Waals surface area contributed by atoms with Gasteiger partial charge in [0.15, 0.2) is 0 Å². The molecule has 1 unspecified atom stereocenters. The molecule has 2 heterocycles. The van der Waals surface area contributed by atoms with Gasteiger partial charge in [0.05, 0.1) is 0 Å². The van der Waals surface area contributed by atoms with Gasteiger partial charge in [-0.05, 0) is 53.4 Å². The summed E-state index contributed by atoms with van der Waals surface area (Å²) in [6.07, 6.45) is 2.56. The van der Waals surface area contributed by atoms with Gasteiger partial charge >= 0.3 is 0 Å². The molecule has 3 rings (SSSR count). The normalized spacial score (nSPS) is 17.6. The number of carbonyl (C=O) groups excluding carboxylic acids is 1. The van der Waals surface area contributed by atoms with E-state index in [9.17, 15) is 4.79 Å². The summed E-state index contributed by atoms with van der Waals surface area (Å²) >= 11 is 3.41. The van der Waals surface area contributed by atoms with Crippen LogP contribution in [0.15, 0.2) is 41.0 Å². The van der Waals surface area contributed by atoms with Gasteiger partial charge in [0.1, 0.15) is 11.9 Å². The van der Waals surface area contributed by atoms with Gasteiger partial charge < -0.3 is 10.2 Å². The van der Waals surface area contributed by atoms with Crippen LogP contribution >= 0.6 is 15.9 Å². The highest BCUT2D eigenvalue weighted by Gasteiger charge is 2.31. The summed E-state index contributed by atoms with van der Waals surface area (Å²) in [5, 5.41) is 3.29. The first-order valence-corrected chi connectivity index (χ1v) is 8.55. The van der Waals surface area contributed by atoms with Crippen molar-refractivity contribution in [3.63, 3.8) is 0 Å². The Hall–Kier alpha value is -1.88. The predicted octanol–water partition coefficient (Wildman–Crippen LogP) is 3.67. The topological polar surface area (TPSA) is 45.2 Å². The molecular formula is C18H20BrN3O. The molecular weight excluding hydrogens is 354 g/mol. The standard InChI is InChI=1S/C18H20BrN3O/c1-12-3-5-14(6-4-12)11-22-8-7-16(18(22)23)21-17-13(2)9-15(19)10-20-17/h3-6,9-10,16H,7-8,11H2,1-2H3,(H,20,21). The quantitative estimate of drug-likeness (QED) is 0.888. The monoisotopic (exact) mass is 373 g/mol. The second-order valence-electron chi connectivity index (χ2n) is 6.05. The summed E-state index contributed by atoms with van der Waals surface area (Å²) in [6, 6.07) is 10.2. The highest BCUT2D eigenvalue weighted by Crippen LogP contribution is 2.22. The highest BCUT2D eigenvalue weighted by atomic mass is 79.9. The van der Waals surface area contributed by atoms with Crippen molar-refractivity contribution < 1.29 is 4.79 Å². The first-order chi connectivity index (χ1) is 11.0. The Morgan fingerprint density at radius 2 is 2.04 bits per heavy atom. The van der Waals surface area contributed by atoms with Crippen LogP contribution in [0.3, 0.4) is 0 Å². The molecule has 1 saturated heterocycles. The maximum Gasteiger partial charge on any atom is 0.245 e. The van der Waals surface area contributed by atoms with Crippen molar-refractivity contribution in [2.24, 2.45) is 0 Å². The molecule has 4 nitrogen and oxygen atoms in total. The second-order valence-corrected chi connectivity index (χ2v) is 6.97. The van der Waals surface area contributed by atoms with Crippen LogP contribution in [0, 0.1) is 13.8 Å². The second kappa shape index (κ2) is 6.71. The van der Waals surface area contributed by atoms with Crippen LogP contribution in [-0.2, 0) is 11.3 Å². The smallest absolute Gasteiger partial charge is 0.245 e. The van der Waals surface area contributed by atoms with E-state index in [0.29, 0.717) is 6.54 Å². The number of aromatic nitrogens is 1. The molecule has 5 heteroatoms. The average Bonchev–Trinajstić information content (AvgIpc) is 2.85. The zero-order valence-corrected chi connectivity index (χ0v) is 14.9. The molecule has 120 valence electrons. The largest absolute Gasteiger partial charge is 0.358 e. The maximum absolute atomic E-state index is 12.6. The Bertz CT molecular complexity index is 715. The zero-order chi connectivity index (χ0) is 16.4. The van der Waals surface area contributed by atoms with Crippen LogP contribution in [0.4, 0.5) is 5.82 Å². The molecule has 1 atom stereocenters. The molecule has 1 N–H and O–H groups in total. The third-order valence-electron chi connectivity index (χ3n) is 4.15. The Kier molecular flexibility index (Phi) is 4.66. The van der Waals surface area contributed by atoms with Crippen molar-refractivity contribution in [2.75, 3.05) is 11.9 Å². The zero-order valence-electron chi connectivity index (χ0n) is 13.3. The van der Waals surface area contributed by atoms with E-state index in [4.69, 9.17) is 0 Å². The van der Waals surface area contributed by atoms with Crippen LogP contribution in [0.25, 0.3) is 0 Å². The fourth-order valence-electron chi connectivity index (χ4n) is 2.80. The van der Waals surface area contributed by atoms with E-state index in [1.165, 1.54) is 11.1 Å². The van der Waals surface area contributed by atoms with E-state index in [1.54, 1.807) is 6.20 Å². The third kappa shape index (κ3) is 3.72. The fraction of sp³-hybridized carbons (Fsp3) is 0.333. The van der Waals surface area contributed by atoms with Gasteiger partial charge in [-0.1, -0.05) is 29.8 Å². The molecule has 23 heavy (non-hydrogen) atoms. The summed E-state index contributed by atoms with van der Waals surface area (Å²) in [6.45, 7) is 5.51. The molecule has 0 radical (unpaired) electrons. The van der Waals surface area contributed by atoms with Gasteiger partial charge in [0.25, 0.3) is 0 Å². The number of halogens is 1. The maximum atomic E-state index is 12.6. The number of hydrogen-bond donors (Lipinski definition) is 1. The molecule has 0 saturated carbocycles. The Labute approximate surface area is 145 Å². The van der Waals surface area contributed by atoms with Crippen molar-refractivity contribution in [2.45, 2.75) is 32.9 Å². The number of benzene rings is 1. The highest BCUT2D eigenvalue weighted by molar-refractivity contribution is 9.10. The number of pyridine rings is 1. The van der Waals surface area contributed by atoms with Crippen molar-refractivity contribution in [1.29, 1.82) is 0 Å². The molecule has 1 fully saturated rings. The number of likely N-dealkylation sites (tertiary alicyclic amines) is 1. The van der Waals surface area contributed by atoms with Gasteiger partial charge in [-0.3, -0.25) is 4.79 Å². The Morgan fingerprint density at radius 3 is 2.74 bits per heavy atom. The number of nitrogens with one attached hydrogen (secondary N) is 1. The van der Waals surface area contributed by atoms with E-state index in [-0.39, 0.29) is 11.9 Å². The van der Waals surface area contributed by atoms with Crippen LogP contribution in [0.5, 0.6) is 0 Å². The lowest BCUT2D eigenvalue weighted by Gasteiger charge is -2.18. The first kappa shape index (κ1) is 16.0. The first-order valence-electron chi connectivity index (χ1n) is 7.76. The number of hydrogen-bond acceptors (Lipinski definition) is 3.